The maximum Gasteiger partial charge on any atom is 0.0658 e. The van der Waals surface area contributed by atoms with Crippen molar-refractivity contribution in [3.05, 3.63) is 108 Å². The number of hydrogen-bond donors (Lipinski definition) is 0. The predicted octanol–water partition coefficient (Wildman–Crippen LogP) is 5.50. The Labute approximate surface area is 173 Å². The van der Waals surface area contributed by atoms with Crippen molar-refractivity contribution < 1.29 is 4.74 Å². The van der Waals surface area contributed by atoms with Gasteiger partial charge in [0.25, 0.3) is 0 Å². The third-order valence-electron chi connectivity index (χ3n) is 6.12. The van der Waals surface area contributed by atoms with E-state index < -0.39 is 0 Å². The zero-order valence-electron chi connectivity index (χ0n) is 16.7. The second kappa shape index (κ2) is 8.36. The fourth-order valence-corrected chi connectivity index (χ4v) is 4.63. The van der Waals surface area contributed by atoms with Crippen LogP contribution in [0.15, 0.2) is 96.6 Å². The third-order valence-corrected chi connectivity index (χ3v) is 6.12. The number of benzene rings is 3. The van der Waals surface area contributed by atoms with Crippen LogP contribution in [0.1, 0.15) is 17.5 Å². The van der Waals surface area contributed by atoms with Gasteiger partial charge in [0.05, 0.1) is 19.3 Å². The molecule has 146 valence electrons. The fourth-order valence-electron chi connectivity index (χ4n) is 4.63. The van der Waals surface area contributed by atoms with Crippen molar-refractivity contribution >= 4 is 0 Å². The van der Waals surface area contributed by atoms with Crippen LogP contribution < -0.4 is 0 Å². The van der Waals surface area contributed by atoms with Gasteiger partial charge in [-0.05, 0) is 35.1 Å². The first-order chi connectivity index (χ1) is 14.3. The van der Waals surface area contributed by atoms with Crippen molar-refractivity contribution in [1.29, 1.82) is 0 Å². The summed E-state index contributed by atoms with van der Waals surface area (Å²) in [5.41, 5.74) is 6.90. The number of ether oxygens (including phenoxy) is 1. The first kappa shape index (κ1) is 18.4. The van der Waals surface area contributed by atoms with E-state index in [-0.39, 0.29) is 0 Å². The van der Waals surface area contributed by atoms with Crippen LogP contribution >= 0.6 is 0 Å². The zero-order chi connectivity index (χ0) is 19.5. The minimum Gasteiger partial charge on any atom is -0.378 e. The molecule has 0 aromatic heterocycles. The molecule has 0 N–H and O–H groups in total. The molecule has 2 heterocycles. The number of rotatable bonds is 5. The number of morpholine rings is 1. The van der Waals surface area contributed by atoms with Gasteiger partial charge in [0.2, 0.25) is 0 Å². The minimum absolute atomic E-state index is 0.390. The molecule has 2 heteroatoms. The molecule has 0 spiro atoms. The molecule has 0 saturated carbocycles. The van der Waals surface area contributed by atoms with Crippen molar-refractivity contribution in [2.24, 2.45) is 0 Å². The molecule has 2 nitrogen and oxygen atoms in total. The van der Waals surface area contributed by atoms with Crippen molar-refractivity contribution in [3.63, 3.8) is 0 Å². The Kier molecular flexibility index (Phi) is 5.29. The third kappa shape index (κ3) is 4.19. The molecule has 3 aromatic carbocycles. The second-order valence-corrected chi connectivity index (χ2v) is 8.19. The van der Waals surface area contributed by atoms with E-state index in [1.165, 1.54) is 22.3 Å². The van der Waals surface area contributed by atoms with Gasteiger partial charge < -0.3 is 4.74 Å². The highest BCUT2D eigenvalue weighted by atomic mass is 16.5. The molecule has 2 bridgehead atoms. The summed E-state index contributed by atoms with van der Waals surface area (Å²) in [4.78, 5) is 2.63. The van der Waals surface area contributed by atoms with Crippen LogP contribution in [-0.4, -0.2) is 30.2 Å². The smallest absolute Gasteiger partial charge is 0.0658 e. The molecule has 1 fully saturated rings. The molecule has 2 atom stereocenters. The Bertz CT molecular complexity index is 962. The maximum atomic E-state index is 5.88. The van der Waals surface area contributed by atoms with Gasteiger partial charge in [0, 0.05) is 12.6 Å². The van der Waals surface area contributed by atoms with E-state index in [2.05, 4.69) is 95.9 Å². The number of fused-ring (bicyclic) bond motifs is 2. The summed E-state index contributed by atoms with van der Waals surface area (Å²) in [6.45, 7) is 2.66. The Morgan fingerprint density at radius 1 is 0.724 bits per heavy atom. The Morgan fingerprint density at radius 3 is 2.14 bits per heavy atom. The van der Waals surface area contributed by atoms with Gasteiger partial charge in [0.1, 0.15) is 0 Å². The van der Waals surface area contributed by atoms with Gasteiger partial charge in [0.15, 0.2) is 0 Å². The number of hydrogen-bond acceptors (Lipinski definition) is 2. The van der Waals surface area contributed by atoms with Gasteiger partial charge in [-0.3, -0.25) is 4.90 Å². The van der Waals surface area contributed by atoms with Crippen LogP contribution in [-0.2, 0) is 17.7 Å². The van der Waals surface area contributed by atoms with Crippen LogP contribution in [0.2, 0.25) is 0 Å². The van der Waals surface area contributed by atoms with E-state index in [0.717, 1.165) is 32.6 Å². The van der Waals surface area contributed by atoms with Gasteiger partial charge >= 0.3 is 0 Å². The molecule has 2 aliphatic rings. The summed E-state index contributed by atoms with van der Waals surface area (Å²) in [5, 5.41) is 0. The van der Waals surface area contributed by atoms with E-state index in [9.17, 15) is 0 Å². The van der Waals surface area contributed by atoms with Gasteiger partial charge in [-0.15, -0.1) is 0 Å². The minimum atomic E-state index is 0.390. The quantitative estimate of drug-likeness (QED) is 0.542. The van der Waals surface area contributed by atoms with Gasteiger partial charge in [-0.2, -0.15) is 0 Å². The Hall–Kier alpha value is -2.68. The largest absolute Gasteiger partial charge is 0.378 e. The van der Waals surface area contributed by atoms with Crippen LogP contribution in [0, 0.1) is 0 Å². The van der Waals surface area contributed by atoms with E-state index in [1.54, 1.807) is 5.57 Å². The van der Waals surface area contributed by atoms with Gasteiger partial charge in [-0.25, -0.2) is 0 Å². The van der Waals surface area contributed by atoms with Crippen molar-refractivity contribution in [1.82, 2.24) is 4.90 Å². The summed E-state index contributed by atoms with van der Waals surface area (Å²) >= 11 is 0. The van der Waals surface area contributed by atoms with Crippen LogP contribution in [0.5, 0.6) is 0 Å². The van der Waals surface area contributed by atoms with Crippen LogP contribution in [0.3, 0.4) is 0 Å². The maximum absolute atomic E-state index is 5.88. The molecule has 3 aromatic rings. The summed E-state index contributed by atoms with van der Waals surface area (Å²) < 4.78 is 5.88. The molecular formula is C27H27NO. The molecule has 2 unspecified atom stereocenters. The molecule has 1 saturated heterocycles. The number of nitrogens with zero attached hydrogens (tertiary/aromatic N) is 1. The topological polar surface area (TPSA) is 12.5 Å². The van der Waals surface area contributed by atoms with Crippen molar-refractivity contribution in [2.45, 2.75) is 31.5 Å². The highest BCUT2D eigenvalue weighted by Crippen LogP contribution is 2.30. The second-order valence-electron chi connectivity index (χ2n) is 8.19. The summed E-state index contributed by atoms with van der Waals surface area (Å²) in [6.07, 6.45) is 4.61. The summed E-state index contributed by atoms with van der Waals surface area (Å²) in [7, 11) is 0. The molecule has 29 heavy (non-hydrogen) atoms. The molecule has 5 rings (SSSR count). The molecule has 0 aliphatic carbocycles. The van der Waals surface area contributed by atoms with Gasteiger partial charge in [-0.1, -0.05) is 96.6 Å². The predicted molar refractivity (Wildman–Crippen MR) is 119 cm³/mol. The molecule has 0 radical (unpaired) electrons. The van der Waals surface area contributed by atoms with Crippen molar-refractivity contribution in [2.75, 3.05) is 13.2 Å². The lowest BCUT2D eigenvalue weighted by Gasteiger charge is -2.45. The van der Waals surface area contributed by atoms with Crippen LogP contribution in [0.25, 0.3) is 11.1 Å². The SMILES string of the molecule is C1=C(Cc2ccc(-c3ccccc3)cc2)CC2COCC1N2Cc1ccccc1. The van der Waals surface area contributed by atoms with Crippen LogP contribution in [0.4, 0.5) is 0 Å². The Balaban J connectivity index is 1.30. The molecular weight excluding hydrogens is 354 g/mol. The van der Waals surface area contributed by atoms with E-state index in [4.69, 9.17) is 4.74 Å². The highest BCUT2D eigenvalue weighted by Gasteiger charge is 2.34. The first-order valence-corrected chi connectivity index (χ1v) is 10.6. The summed E-state index contributed by atoms with van der Waals surface area (Å²) in [5.74, 6) is 0. The van der Waals surface area contributed by atoms with Crippen molar-refractivity contribution in [3.8, 4) is 11.1 Å². The van der Waals surface area contributed by atoms with E-state index in [0.29, 0.717) is 12.1 Å². The zero-order valence-corrected chi connectivity index (χ0v) is 16.7. The average Bonchev–Trinajstić information content (AvgIpc) is 2.76. The normalized spacial score (nSPS) is 21.6. The first-order valence-electron chi connectivity index (χ1n) is 10.6. The fraction of sp³-hybridized carbons (Fsp3) is 0.259. The standard InChI is InChI=1S/C27H27NO/c1-3-7-22(8-4-1)18-28-26-16-23(17-27(28)20-29-19-26)15-21-11-13-25(14-12-21)24-9-5-2-6-10-24/h1-14,16,26-27H,15,17-20H2. The lowest BCUT2D eigenvalue weighted by atomic mass is 9.89. The lowest BCUT2D eigenvalue weighted by Crippen LogP contribution is -2.53. The summed E-state index contributed by atoms with van der Waals surface area (Å²) in [6, 6.07) is 31.3. The highest BCUT2D eigenvalue weighted by molar-refractivity contribution is 5.63. The molecule has 0 amide bonds. The average molecular weight is 382 g/mol. The van der Waals surface area contributed by atoms with E-state index >= 15 is 0 Å². The monoisotopic (exact) mass is 381 g/mol. The lowest BCUT2D eigenvalue weighted by molar-refractivity contribution is -0.0440. The Morgan fingerprint density at radius 2 is 1.41 bits per heavy atom. The van der Waals surface area contributed by atoms with E-state index in [1.807, 2.05) is 0 Å². The molecule has 2 aliphatic heterocycles.